The van der Waals surface area contributed by atoms with E-state index in [9.17, 15) is 14.4 Å². The molecule has 2 saturated carbocycles. The molecule has 38 heavy (non-hydrogen) atoms. The molecule has 1 aliphatic heterocycles. The maximum atomic E-state index is 14.7. The number of thiazole rings is 2. The van der Waals surface area contributed by atoms with Gasteiger partial charge in [0.05, 0.1) is 26.5 Å². The lowest BCUT2D eigenvalue weighted by atomic mass is 9.75. The summed E-state index contributed by atoms with van der Waals surface area (Å²) in [5.41, 5.74) is 2.38. The Morgan fingerprint density at radius 2 is 1.95 bits per heavy atom. The predicted molar refractivity (Wildman–Crippen MR) is 154 cm³/mol. The average Bonchev–Trinajstić information content (AvgIpc) is 3.35. The highest BCUT2D eigenvalue weighted by molar-refractivity contribution is 7.99. The largest absolute Gasteiger partial charge is 0.370 e. The number of hydrogen-bond donors (Lipinski definition) is 1. The first-order valence-electron chi connectivity index (χ1n) is 13.2. The number of aromatic nitrogens is 2. The number of carbonyl (C=O) groups excluding carboxylic acids is 1. The van der Waals surface area contributed by atoms with E-state index < -0.39 is 17.6 Å². The van der Waals surface area contributed by atoms with Gasteiger partial charge in [-0.3, -0.25) is 4.79 Å². The minimum atomic E-state index is -1.02. The molecule has 2 aliphatic carbocycles. The van der Waals surface area contributed by atoms with Gasteiger partial charge in [0, 0.05) is 48.3 Å². The second-order valence-electron chi connectivity index (χ2n) is 10.4. The van der Waals surface area contributed by atoms with Crippen molar-refractivity contribution in [1.29, 1.82) is 5.26 Å². The Bertz CT molecular complexity index is 1350. The number of aryl methyl sites for hydroxylation is 1. The van der Waals surface area contributed by atoms with Crippen molar-refractivity contribution < 1.29 is 9.18 Å². The molecule has 198 valence electrons. The van der Waals surface area contributed by atoms with Crippen LogP contribution >= 0.6 is 34.4 Å². The Morgan fingerprint density at radius 1 is 1.18 bits per heavy atom. The molecule has 3 aromatic rings. The van der Waals surface area contributed by atoms with Crippen LogP contribution in [0.5, 0.6) is 0 Å². The van der Waals surface area contributed by atoms with Gasteiger partial charge in [-0.25, -0.2) is 14.4 Å². The zero-order valence-corrected chi connectivity index (χ0v) is 23.7. The molecule has 1 aromatic carbocycles. The van der Waals surface area contributed by atoms with Crippen LogP contribution < -0.4 is 10.2 Å². The zero-order chi connectivity index (χ0) is 26.3. The molecule has 10 heteroatoms. The van der Waals surface area contributed by atoms with Gasteiger partial charge in [-0.1, -0.05) is 12.1 Å². The lowest BCUT2D eigenvalue weighted by Crippen LogP contribution is -2.44. The highest BCUT2D eigenvalue weighted by Gasteiger charge is 2.48. The third kappa shape index (κ3) is 5.21. The summed E-state index contributed by atoms with van der Waals surface area (Å²) in [7, 11) is 0. The van der Waals surface area contributed by atoms with Crippen molar-refractivity contribution in [3.05, 3.63) is 41.2 Å². The molecule has 1 saturated heterocycles. The van der Waals surface area contributed by atoms with E-state index in [-0.39, 0.29) is 18.2 Å². The molecule has 6 nitrogen and oxygen atoms in total. The number of alkyl halides is 1. The van der Waals surface area contributed by atoms with Crippen LogP contribution in [0.15, 0.2) is 30.5 Å². The Morgan fingerprint density at radius 3 is 2.61 bits per heavy atom. The smallest absolute Gasteiger partial charge is 0.225 e. The van der Waals surface area contributed by atoms with Crippen LogP contribution in [0.1, 0.15) is 48.7 Å². The molecule has 1 amide bonds. The van der Waals surface area contributed by atoms with Crippen LogP contribution in [0.3, 0.4) is 0 Å². The molecule has 3 aliphatic rings. The van der Waals surface area contributed by atoms with Crippen molar-refractivity contribution in [2.45, 2.75) is 56.7 Å². The van der Waals surface area contributed by atoms with E-state index in [1.165, 1.54) is 5.69 Å². The van der Waals surface area contributed by atoms with E-state index in [1.54, 1.807) is 22.7 Å². The second-order valence-corrected chi connectivity index (χ2v) is 13.9. The Labute approximate surface area is 234 Å². The molecule has 0 bridgehead atoms. The number of hydrogen-bond acceptors (Lipinski definition) is 8. The van der Waals surface area contributed by atoms with Crippen molar-refractivity contribution in [1.82, 2.24) is 15.3 Å². The quantitative estimate of drug-likeness (QED) is 0.383. The van der Waals surface area contributed by atoms with Gasteiger partial charge in [-0.2, -0.15) is 17.0 Å². The van der Waals surface area contributed by atoms with E-state index in [1.807, 2.05) is 24.9 Å². The topological polar surface area (TPSA) is 81.9 Å². The van der Waals surface area contributed by atoms with Gasteiger partial charge >= 0.3 is 0 Å². The van der Waals surface area contributed by atoms with E-state index in [0.717, 1.165) is 55.6 Å². The maximum absolute atomic E-state index is 14.7. The number of nitrogens with one attached hydrogen (secondary N) is 1. The lowest BCUT2D eigenvalue weighted by Gasteiger charge is -2.32. The third-order valence-electron chi connectivity index (χ3n) is 7.79. The monoisotopic (exact) mass is 567 g/mol. The molecule has 1 unspecified atom stereocenters. The van der Waals surface area contributed by atoms with Gasteiger partial charge in [0.15, 0.2) is 0 Å². The molecular weight excluding hydrogens is 538 g/mol. The number of halogens is 1. The van der Waals surface area contributed by atoms with Crippen LogP contribution in [0, 0.1) is 24.2 Å². The highest BCUT2D eigenvalue weighted by atomic mass is 32.2. The molecule has 2 aromatic heterocycles. The third-order valence-corrected chi connectivity index (χ3v) is 10.9. The molecule has 3 atom stereocenters. The van der Waals surface area contributed by atoms with E-state index >= 15 is 0 Å². The summed E-state index contributed by atoms with van der Waals surface area (Å²) in [5, 5.41) is 14.3. The molecular formula is C28H30FN5OS3. The highest BCUT2D eigenvalue weighted by Crippen LogP contribution is 2.47. The van der Waals surface area contributed by atoms with Crippen LogP contribution in [0.2, 0.25) is 0 Å². The number of benzene rings is 1. The summed E-state index contributed by atoms with van der Waals surface area (Å²) in [4.78, 5) is 27.4. The van der Waals surface area contributed by atoms with E-state index in [4.69, 9.17) is 4.98 Å². The number of anilines is 1. The molecule has 3 fully saturated rings. The van der Waals surface area contributed by atoms with Crippen molar-refractivity contribution >= 4 is 46.0 Å². The summed E-state index contributed by atoms with van der Waals surface area (Å²) in [6.45, 7) is 4.09. The fourth-order valence-electron chi connectivity index (χ4n) is 5.46. The summed E-state index contributed by atoms with van der Waals surface area (Å²) in [6.07, 6.45) is 3.28. The molecule has 3 heterocycles. The number of carbonyl (C=O) groups is 1. The minimum Gasteiger partial charge on any atom is -0.370 e. The first-order chi connectivity index (χ1) is 18.4. The van der Waals surface area contributed by atoms with E-state index in [2.05, 4.69) is 45.5 Å². The Hall–Kier alpha value is -2.48. The predicted octanol–water partition coefficient (Wildman–Crippen LogP) is 6.19. The summed E-state index contributed by atoms with van der Waals surface area (Å²) in [5.74, 6) is 1.32. The van der Waals surface area contributed by atoms with Gasteiger partial charge in [-0.15, -0.1) is 22.7 Å². The van der Waals surface area contributed by atoms with Crippen LogP contribution in [0.4, 0.5) is 10.1 Å². The van der Waals surface area contributed by atoms with Gasteiger partial charge in [0.2, 0.25) is 5.91 Å². The average molecular weight is 568 g/mol. The molecule has 0 spiro atoms. The number of thioether (sulfide) groups is 1. The van der Waals surface area contributed by atoms with Gasteiger partial charge in [0.25, 0.3) is 0 Å². The van der Waals surface area contributed by atoms with Crippen LogP contribution in [0.25, 0.3) is 20.3 Å². The van der Waals surface area contributed by atoms with Crippen molar-refractivity contribution in [3.8, 4) is 26.4 Å². The summed E-state index contributed by atoms with van der Waals surface area (Å²) >= 11 is 5.22. The maximum Gasteiger partial charge on any atom is 0.225 e. The van der Waals surface area contributed by atoms with E-state index in [0.29, 0.717) is 25.7 Å². The first kappa shape index (κ1) is 25.8. The lowest BCUT2D eigenvalue weighted by molar-refractivity contribution is -0.128. The fourth-order valence-corrected chi connectivity index (χ4v) is 8.32. The van der Waals surface area contributed by atoms with Gasteiger partial charge in [-0.05, 0) is 56.7 Å². The second kappa shape index (κ2) is 10.6. The number of rotatable bonds is 6. The molecule has 6 rings (SSSR count). The fraction of sp³-hybridized carbons (Fsp3) is 0.500. The Balaban J connectivity index is 1.37. The first-order valence-corrected chi connectivity index (χ1v) is 16.0. The summed E-state index contributed by atoms with van der Waals surface area (Å²) < 4.78 is 14.7. The van der Waals surface area contributed by atoms with Crippen molar-refractivity contribution in [2.24, 2.45) is 5.92 Å². The van der Waals surface area contributed by atoms with Gasteiger partial charge in [0.1, 0.15) is 16.7 Å². The number of nitrogens with zero attached hydrogens (tertiary/aromatic N) is 4. The summed E-state index contributed by atoms with van der Waals surface area (Å²) in [6, 6.07) is 10.9. The van der Waals surface area contributed by atoms with Crippen LogP contribution in [-0.2, 0) is 4.79 Å². The van der Waals surface area contributed by atoms with Crippen molar-refractivity contribution in [2.75, 3.05) is 29.5 Å². The standard InChI is InChI=1S/C28H30FN5OS3/c1-17-31-15-23(37-17)27-32-24(21-7-4-19(29)14-22(21)26(35)33-28(16-30)8-9-28)25(38-27)18-2-5-20(6-3-18)34-10-12-36-13-11-34/h2-3,5-6,15,19,21-22H,4,7-14H2,1H3,(H,33,35)/t19-,21+,22?/m0/s1. The van der Waals surface area contributed by atoms with Crippen molar-refractivity contribution in [3.63, 3.8) is 0 Å². The normalized spacial score (nSPS) is 24.6. The number of nitriles is 1. The van der Waals surface area contributed by atoms with Crippen LogP contribution in [-0.4, -0.2) is 52.2 Å². The Kier molecular flexibility index (Phi) is 7.18. The zero-order valence-electron chi connectivity index (χ0n) is 21.3. The molecule has 1 N–H and O–H groups in total. The number of amides is 1. The van der Waals surface area contributed by atoms with Gasteiger partial charge < -0.3 is 10.2 Å². The minimum absolute atomic E-state index is 0.163. The SMILES string of the molecule is Cc1ncc(-c2nc([C@@H]3CC[C@H](F)CC3C(=O)NC3(C#N)CC3)c(-c3ccc(N4CCSCC4)cc3)s2)s1. The molecule has 0 radical (unpaired) electrons.